The molecule has 3 aromatic rings. The monoisotopic (exact) mass is 340 g/mol. The number of aromatic nitrogens is 2. The van der Waals surface area contributed by atoms with Gasteiger partial charge in [0.25, 0.3) is 0 Å². The van der Waals surface area contributed by atoms with Crippen molar-refractivity contribution in [2.24, 2.45) is 0 Å². The van der Waals surface area contributed by atoms with E-state index in [2.05, 4.69) is 20.6 Å². The number of benzene rings is 2. The lowest BCUT2D eigenvalue weighted by Gasteiger charge is -2.13. The fourth-order valence-electron chi connectivity index (χ4n) is 2.30. The Morgan fingerprint density at radius 3 is 2.50 bits per heavy atom. The smallest absolute Gasteiger partial charge is 0.224 e. The Bertz CT molecular complexity index is 840. The molecule has 6 heteroatoms. The molecule has 0 amide bonds. The molecular weight excluding hydrogens is 324 g/mol. The molecule has 1 aromatic heterocycles. The third-order valence-electron chi connectivity index (χ3n) is 3.44. The van der Waals surface area contributed by atoms with E-state index in [4.69, 9.17) is 16.3 Å². The van der Waals surface area contributed by atoms with Crippen molar-refractivity contribution in [2.75, 3.05) is 24.8 Å². The second-order valence-electron chi connectivity index (χ2n) is 5.05. The van der Waals surface area contributed by atoms with Crippen molar-refractivity contribution in [3.05, 3.63) is 59.6 Å². The quantitative estimate of drug-likeness (QED) is 0.711. The van der Waals surface area contributed by atoms with E-state index < -0.39 is 0 Å². The molecule has 122 valence electrons. The van der Waals surface area contributed by atoms with Crippen LogP contribution in [0, 0.1) is 0 Å². The van der Waals surface area contributed by atoms with Crippen molar-refractivity contribution >= 4 is 29.1 Å². The first-order chi connectivity index (χ1) is 11.7. The van der Waals surface area contributed by atoms with E-state index >= 15 is 0 Å². The van der Waals surface area contributed by atoms with E-state index in [0.29, 0.717) is 22.5 Å². The molecule has 0 aliphatic heterocycles. The summed E-state index contributed by atoms with van der Waals surface area (Å²) < 4.78 is 5.36. The fourth-order valence-corrected chi connectivity index (χ4v) is 2.47. The van der Waals surface area contributed by atoms with Gasteiger partial charge in [-0.3, -0.25) is 0 Å². The minimum Gasteiger partial charge on any atom is -0.495 e. The number of nitrogens with zero attached hydrogens (tertiary/aromatic N) is 2. The molecule has 24 heavy (non-hydrogen) atoms. The van der Waals surface area contributed by atoms with E-state index in [1.54, 1.807) is 26.3 Å². The van der Waals surface area contributed by atoms with Crippen LogP contribution in [0.5, 0.6) is 5.75 Å². The van der Waals surface area contributed by atoms with E-state index in [1.807, 2.05) is 42.5 Å². The molecule has 5 nitrogen and oxygen atoms in total. The number of methoxy groups -OCH3 is 1. The summed E-state index contributed by atoms with van der Waals surface area (Å²) in [5, 5.41) is 6.85. The number of anilines is 3. The van der Waals surface area contributed by atoms with Crippen LogP contribution in [-0.4, -0.2) is 24.1 Å². The Kier molecular flexibility index (Phi) is 4.82. The lowest BCUT2D eigenvalue weighted by Crippen LogP contribution is -2.03. The standard InChI is InChI=1S/C18H17ClN4O/c1-20-18-22-14(12-6-4-3-5-7-12)11-17(23-18)21-15-10-13(19)8-9-16(15)24-2/h3-11H,1-2H3,(H2,20,21,22,23). The van der Waals surface area contributed by atoms with Crippen LogP contribution in [0.2, 0.25) is 5.02 Å². The second kappa shape index (κ2) is 7.19. The average Bonchev–Trinajstić information content (AvgIpc) is 2.62. The third kappa shape index (κ3) is 3.58. The van der Waals surface area contributed by atoms with E-state index in [9.17, 15) is 0 Å². The van der Waals surface area contributed by atoms with E-state index in [1.165, 1.54) is 0 Å². The molecule has 0 aliphatic rings. The molecular formula is C18H17ClN4O. The molecule has 2 aromatic carbocycles. The van der Waals surface area contributed by atoms with Crippen molar-refractivity contribution in [3.8, 4) is 17.0 Å². The van der Waals surface area contributed by atoms with Crippen LogP contribution < -0.4 is 15.4 Å². The summed E-state index contributed by atoms with van der Waals surface area (Å²) in [4.78, 5) is 8.95. The van der Waals surface area contributed by atoms with Crippen molar-refractivity contribution in [1.29, 1.82) is 0 Å². The van der Waals surface area contributed by atoms with E-state index in [0.717, 1.165) is 16.9 Å². The van der Waals surface area contributed by atoms with Crippen LogP contribution in [-0.2, 0) is 0 Å². The normalized spacial score (nSPS) is 10.3. The highest BCUT2D eigenvalue weighted by Crippen LogP contribution is 2.31. The summed E-state index contributed by atoms with van der Waals surface area (Å²) in [6, 6.07) is 17.2. The summed E-state index contributed by atoms with van der Waals surface area (Å²) in [6.45, 7) is 0. The van der Waals surface area contributed by atoms with Gasteiger partial charge >= 0.3 is 0 Å². The first-order valence-corrected chi connectivity index (χ1v) is 7.80. The van der Waals surface area contributed by atoms with Gasteiger partial charge in [-0.1, -0.05) is 41.9 Å². The summed E-state index contributed by atoms with van der Waals surface area (Å²) >= 11 is 6.09. The largest absolute Gasteiger partial charge is 0.495 e. The van der Waals surface area contributed by atoms with Crippen molar-refractivity contribution in [1.82, 2.24) is 9.97 Å². The Morgan fingerprint density at radius 1 is 1.00 bits per heavy atom. The summed E-state index contributed by atoms with van der Waals surface area (Å²) in [7, 11) is 3.40. The van der Waals surface area contributed by atoms with Gasteiger partial charge in [0.2, 0.25) is 5.95 Å². The van der Waals surface area contributed by atoms with Gasteiger partial charge in [-0.15, -0.1) is 0 Å². The first-order valence-electron chi connectivity index (χ1n) is 7.42. The number of rotatable bonds is 5. The molecule has 3 rings (SSSR count). The molecule has 0 bridgehead atoms. The van der Waals surface area contributed by atoms with Gasteiger partial charge < -0.3 is 15.4 Å². The molecule has 0 fully saturated rings. The van der Waals surface area contributed by atoms with Gasteiger partial charge in [0.15, 0.2) is 0 Å². The molecule has 0 aliphatic carbocycles. The number of ether oxygens (including phenoxy) is 1. The number of hydrogen-bond acceptors (Lipinski definition) is 5. The van der Waals surface area contributed by atoms with Crippen molar-refractivity contribution < 1.29 is 4.74 Å². The maximum Gasteiger partial charge on any atom is 0.224 e. The Balaban J connectivity index is 2.01. The van der Waals surface area contributed by atoms with Crippen LogP contribution in [0.3, 0.4) is 0 Å². The Hall–Kier alpha value is -2.79. The van der Waals surface area contributed by atoms with Crippen LogP contribution >= 0.6 is 11.6 Å². The summed E-state index contributed by atoms with van der Waals surface area (Å²) in [5.41, 5.74) is 2.57. The van der Waals surface area contributed by atoms with Crippen LogP contribution in [0.1, 0.15) is 0 Å². The lowest BCUT2D eigenvalue weighted by molar-refractivity contribution is 0.417. The van der Waals surface area contributed by atoms with Gasteiger partial charge in [0, 0.05) is 23.7 Å². The maximum absolute atomic E-state index is 6.09. The van der Waals surface area contributed by atoms with Crippen molar-refractivity contribution in [3.63, 3.8) is 0 Å². The fraction of sp³-hybridized carbons (Fsp3) is 0.111. The van der Waals surface area contributed by atoms with E-state index in [-0.39, 0.29) is 0 Å². The average molecular weight is 341 g/mol. The van der Waals surface area contributed by atoms with Gasteiger partial charge in [0.05, 0.1) is 18.5 Å². The van der Waals surface area contributed by atoms with Crippen LogP contribution in [0.15, 0.2) is 54.6 Å². The molecule has 0 saturated heterocycles. The molecule has 0 saturated carbocycles. The zero-order valence-electron chi connectivity index (χ0n) is 13.4. The highest BCUT2D eigenvalue weighted by molar-refractivity contribution is 6.31. The van der Waals surface area contributed by atoms with Gasteiger partial charge in [-0.25, -0.2) is 4.98 Å². The number of hydrogen-bond donors (Lipinski definition) is 2. The minimum atomic E-state index is 0.528. The predicted octanol–water partition coefficient (Wildman–Crippen LogP) is 4.59. The Morgan fingerprint density at radius 2 is 1.79 bits per heavy atom. The van der Waals surface area contributed by atoms with Crippen LogP contribution in [0.4, 0.5) is 17.5 Å². The first kappa shape index (κ1) is 16.1. The highest BCUT2D eigenvalue weighted by atomic mass is 35.5. The van der Waals surface area contributed by atoms with Crippen molar-refractivity contribution in [2.45, 2.75) is 0 Å². The lowest BCUT2D eigenvalue weighted by atomic mass is 10.1. The topological polar surface area (TPSA) is 59.1 Å². The molecule has 0 unspecified atom stereocenters. The van der Waals surface area contributed by atoms with Gasteiger partial charge in [-0.05, 0) is 18.2 Å². The molecule has 2 N–H and O–H groups in total. The van der Waals surface area contributed by atoms with Crippen LogP contribution in [0.25, 0.3) is 11.3 Å². The van der Waals surface area contributed by atoms with Gasteiger partial charge in [-0.2, -0.15) is 4.98 Å². The molecule has 0 radical (unpaired) electrons. The second-order valence-corrected chi connectivity index (χ2v) is 5.48. The van der Waals surface area contributed by atoms with Gasteiger partial charge in [0.1, 0.15) is 11.6 Å². The predicted molar refractivity (Wildman–Crippen MR) is 98.3 cm³/mol. The summed E-state index contributed by atoms with van der Waals surface area (Å²) in [6.07, 6.45) is 0. The zero-order chi connectivity index (χ0) is 16.9. The molecule has 0 atom stereocenters. The number of nitrogens with one attached hydrogen (secondary N) is 2. The molecule has 1 heterocycles. The summed E-state index contributed by atoms with van der Waals surface area (Å²) in [5.74, 6) is 1.86. The number of halogens is 1. The highest BCUT2D eigenvalue weighted by Gasteiger charge is 2.09. The SMILES string of the molecule is CNc1nc(Nc2cc(Cl)ccc2OC)cc(-c2ccccc2)n1. The maximum atomic E-state index is 6.09. The molecule has 0 spiro atoms. The third-order valence-corrected chi connectivity index (χ3v) is 3.68. The zero-order valence-corrected chi connectivity index (χ0v) is 14.1. The Labute approximate surface area is 145 Å². The minimum absolute atomic E-state index is 0.528.